The van der Waals surface area contributed by atoms with Gasteiger partial charge in [-0.05, 0) is 23.6 Å². The molecular formula is C14H11N3OS2. The molecule has 0 fully saturated rings. The van der Waals surface area contributed by atoms with Crippen molar-refractivity contribution >= 4 is 45.1 Å². The molecule has 2 aromatic heterocycles. The highest BCUT2D eigenvalue weighted by atomic mass is 32.1. The van der Waals surface area contributed by atoms with Gasteiger partial charge in [0.1, 0.15) is 10.7 Å². The molecule has 0 aliphatic rings. The summed E-state index contributed by atoms with van der Waals surface area (Å²) in [6.07, 6.45) is 0. The van der Waals surface area contributed by atoms with Gasteiger partial charge in [-0.1, -0.05) is 35.6 Å². The predicted octanol–water partition coefficient (Wildman–Crippen LogP) is 3.76. The summed E-state index contributed by atoms with van der Waals surface area (Å²) in [7, 11) is 0. The van der Waals surface area contributed by atoms with E-state index >= 15 is 0 Å². The molecule has 100 valence electrons. The average molecular weight is 301 g/mol. The summed E-state index contributed by atoms with van der Waals surface area (Å²) < 4.78 is 0. The smallest absolute Gasteiger partial charge is 0.216 e. The minimum absolute atomic E-state index is 0.0730. The van der Waals surface area contributed by atoms with Crippen LogP contribution in [0.2, 0.25) is 0 Å². The predicted molar refractivity (Wildman–Crippen MR) is 84.0 cm³/mol. The molecule has 4 nitrogen and oxygen atoms in total. The van der Waals surface area contributed by atoms with Crippen molar-refractivity contribution in [1.29, 1.82) is 0 Å². The van der Waals surface area contributed by atoms with Crippen molar-refractivity contribution in [2.45, 2.75) is 0 Å². The summed E-state index contributed by atoms with van der Waals surface area (Å²) >= 11 is 2.67. The molecule has 0 amide bonds. The third-order valence-electron chi connectivity index (χ3n) is 2.63. The maximum atomic E-state index is 12.3. The second-order valence-electron chi connectivity index (χ2n) is 4.03. The number of carbonyl (C=O) groups excluding carboxylic acids is 1. The van der Waals surface area contributed by atoms with Gasteiger partial charge in [-0.25, -0.2) is 4.98 Å². The molecular weight excluding hydrogens is 290 g/mol. The van der Waals surface area contributed by atoms with Gasteiger partial charge in [0, 0.05) is 5.69 Å². The molecule has 1 aromatic carbocycles. The number of para-hydroxylation sites is 1. The molecule has 2 heterocycles. The second-order valence-corrected chi connectivity index (χ2v) is 5.98. The maximum absolute atomic E-state index is 12.3. The van der Waals surface area contributed by atoms with Gasteiger partial charge in [-0.15, -0.1) is 11.3 Å². The number of anilines is 3. The number of nitrogen functional groups attached to an aromatic ring is 1. The molecule has 0 saturated heterocycles. The monoisotopic (exact) mass is 301 g/mol. The summed E-state index contributed by atoms with van der Waals surface area (Å²) in [6, 6.07) is 13.3. The van der Waals surface area contributed by atoms with Gasteiger partial charge in [-0.2, -0.15) is 0 Å². The first-order valence-corrected chi connectivity index (χ1v) is 7.60. The van der Waals surface area contributed by atoms with Crippen LogP contribution in [0.15, 0.2) is 47.8 Å². The van der Waals surface area contributed by atoms with E-state index < -0.39 is 0 Å². The third kappa shape index (κ3) is 2.56. The topological polar surface area (TPSA) is 68.0 Å². The second kappa shape index (κ2) is 5.44. The van der Waals surface area contributed by atoms with E-state index in [1.165, 1.54) is 22.7 Å². The lowest BCUT2D eigenvalue weighted by atomic mass is 10.3. The standard InChI is InChI=1S/C14H11N3OS2/c15-13-12(11(18)10-7-4-8-19-10)20-14(17-13)16-9-5-2-1-3-6-9/h1-8H,15H2,(H,16,17). The maximum Gasteiger partial charge on any atom is 0.216 e. The molecule has 3 N–H and O–H groups in total. The zero-order valence-corrected chi connectivity index (χ0v) is 12.0. The molecule has 0 spiro atoms. The largest absolute Gasteiger partial charge is 0.382 e. The van der Waals surface area contributed by atoms with Crippen molar-refractivity contribution in [1.82, 2.24) is 4.98 Å². The van der Waals surface area contributed by atoms with Crippen molar-refractivity contribution in [2.24, 2.45) is 0 Å². The number of nitrogens with two attached hydrogens (primary N) is 1. The van der Waals surface area contributed by atoms with Crippen LogP contribution in [0.4, 0.5) is 16.6 Å². The number of nitrogens with zero attached hydrogens (tertiary/aromatic N) is 1. The Kier molecular flexibility index (Phi) is 3.49. The van der Waals surface area contributed by atoms with Gasteiger partial charge in [0.15, 0.2) is 5.13 Å². The summed E-state index contributed by atoms with van der Waals surface area (Å²) in [5.41, 5.74) is 6.76. The SMILES string of the molecule is Nc1nc(Nc2ccccc2)sc1C(=O)c1cccs1. The van der Waals surface area contributed by atoms with Crippen molar-refractivity contribution in [2.75, 3.05) is 11.1 Å². The fourth-order valence-electron chi connectivity index (χ4n) is 1.71. The minimum atomic E-state index is -0.0730. The number of thiophene rings is 1. The molecule has 0 unspecified atom stereocenters. The third-order valence-corrected chi connectivity index (χ3v) is 4.48. The highest BCUT2D eigenvalue weighted by molar-refractivity contribution is 7.19. The van der Waals surface area contributed by atoms with E-state index in [2.05, 4.69) is 10.3 Å². The van der Waals surface area contributed by atoms with E-state index in [0.29, 0.717) is 14.9 Å². The molecule has 0 saturated carbocycles. The first kappa shape index (κ1) is 12.8. The van der Waals surface area contributed by atoms with Crippen LogP contribution in [0.25, 0.3) is 0 Å². The Labute approximate surface area is 123 Å². The number of hydrogen-bond acceptors (Lipinski definition) is 6. The van der Waals surface area contributed by atoms with E-state index in [9.17, 15) is 4.79 Å². The number of hydrogen-bond donors (Lipinski definition) is 2. The van der Waals surface area contributed by atoms with Gasteiger partial charge in [-0.3, -0.25) is 4.79 Å². The summed E-state index contributed by atoms with van der Waals surface area (Å²) in [5.74, 6) is 0.197. The van der Waals surface area contributed by atoms with Crippen molar-refractivity contribution < 1.29 is 4.79 Å². The Bertz CT molecular complexity index is 720. The number of aromatic nitrogens is 1. The normalized spacial score (nSPS) is 10.4. The van der Waals surface area contributed by atoms with Crippen LogP contribution in [-0.4, -0.2) is 10.8 Å². The van der Waals surface area contributed by atoms with Crippen molar-refractivity contribution in [3.63, 3.8) is 0 Å². The van der Waals surface area contributed by atoms with Crippen LogP contribution in [0.3, 0.4) is 0 Å². The first-order chi connectivity index (χ1) is 9.74. The lowest BCUT2D eigenvalue weighted by Gasteiger charge is -2.00. The highest BCUT2D eigenvalue weighted by Gasteiger charge is 2.18. The lowest BCUT2D eigenvalue weighted by Crippen LogP contribution is -2.00. The average Bonchev–Trinajstić information content (AvgIpc) is 3.09. The number of nitrogens with one attached hydrogen (secondary N) is 1. The molecule has 6 heteroatoms. The first-order valence-electron chi connectivity index (χ1n) is 5.90. The van der Waals surface area contributed by atoms with Crippen LogP contribution >= 0.6 is 22.7 Å². The Morgan fingerprint density at radius 2 is 1.95 bits per heavy atom. The minimum Gasteiger partial charge on any atom is -0.382 e. The van der Waals surface area contributed by atoms with E-state index in [-0.39, 0.29) is 11.6 Å². The molecule has 3 rings (SSSR count). The Morgan fingerprint density at radius 3 is 2.65 bits per heavy atom. The highest BCUT2D eigenvalue weighted by Crippen LogP contribution is 2.30. The van der Waals surface area contributed by atoms with E-state index in [0.717, 1.165) is 5.69 Å². The van der Waals surface area contributed by atoms with Gasteiger partial charge < -0.3 is 11.1 Å². The Morgan fingerprint density at radius 1 is 1.15 bits per heavy atom. The number of rotatable bonds is 4. The van der Waals surface area contributed by atoms with Crippen LogP contribution in [0.1, 0.15) is 14.5 Å². The van der Waals surface area contributed by atoms with E-state index in [1.54, 1.807) is 6.07 Å². The molecule has 0 aliphatic heterocycles. The molecule has 0 bridgehead atoms. The Balaban J connectivity index is 1.86. The number of carbonyl (C=O) groups is 1. The van der Waals surface area contributed by atoms with Crippen molar-refractivity contribution in [3.8, 4) is 0 Å². The summed E-state index contributed by atoms with van der Waals surface area (Å²) in [4.78, 5) is 17.6. The zero-order chi connectivity index (χ0) is 13.9. The fourth-order valence-corrected chi connectivity index (χ4v) is 3.31. The van der Waals surface area contributed by atoms with Crippen LogP contribution in [-0.2, 0) is 0 Å². The van der Waals surface area contributed by atoms with Crippen LogP contribution in [0, 0.1) is 0 Å². The van der Waals surface area contributed by atoms with Gasteiger partial charge in [0.2, 0.25) is 5.78 Å². The van der Waals surface area contributed by atoms with E-state index in [4.69, 9.17) is 5.73 Å². The number of thiazole rings is 1. The summed E-state index contributed by atoms with van der Waals surface area (Å²) in [5, 5.41) is 5.63. The van der Waals surface area contributed by atoms with Crippen LogP contribution < -0.4 is 11.1 Å². The quantitative estimate of drug-likeness (QED) is 0.720. The fraction of sp³-hybridized carbons (Fsp3) is 0. The van der Waals surface area contributed by atoms with Gasteiger partial charge >= 0.3 is 0 Å². The molecule has 0 radical (unpaired) electrons. The van der Waals surface area contributed by atoms with Crippen molar-refractivity contribution in [3.05, 3.63) is 57.6 Å². The molecule has 3 aromatic rings. The lowest BCUT2D eigenvalue weighted by molar-refractivity contribution is 0.104. The van der Waals surface area contributed by atoms with E-state index in [1.807, 2.05) is 41.8 Å². The number of benzene rings is 1. The molecule has 0 atom stereocenters. The molecule has 20 heavy (non-hydrogen) atoms. The number of ketones is 1. The van der Waals surface area contributed by atoms with Gasteiger partial charge in [0.25, 0.3) is 0 Å². The zero-order valence-electron chi connectivity index (χ0n) is 10.4. The van der Waals surface area contributed by atoms with Gasteiger partial charge in [0.05, 0.1) is 4.88 Å². The Hall–Kier alpha value is -2.18. The van der Waals surface area contributed by atoms with Crippen LogP contribution in [0.5, 0.6) is 0 Å². The summed E-state index contributed by atoms with van der Waals surface area (Å²) in [6.45, 7) is 0. The molecule has 0 aliphatic carbocycles.